The van der Waals surface area contributed by atoms with Gasteiger partial charge in [0, 0.05) is 0 Å². The molecule has 0 aromatic carbocycles. The molecule has 0 bridgehead atoms. The van der Waals surface area contributed by atoms with Gasteiger partial charge in [-0.15, -0.1) is 0 Å². The highest BCUT2D eigenvalue weighted by Crippen LogP contribution is 2.36. The predicted molar refractivity (Wildman–Crippen MR) is 46.2 cm³/mol. The van der Waals surface area contributed by atoms with Crippen LogP contribution in [0, 0.1) is 0 Å². The Balaban J connectivity index is 2.61. The van der Waals surface area contributed by atoms with Gasteiger partial charge in [0.2, 0.25) is 0 Å². The topological polar surface area (TPSA) is 26.3 Å². The van der Waals surface area contributed by atoms with Crippen LogP contribution in [-0.2, 0) is 0 Å². The number of hydrogen-bond donors (Lipinski definition) is 0. The van der Waals surface area contributed by atoms with Crippen molar-refractivity contribution < 1.29 is 31.5 Å². The molecule has 1 aromatic rings. The highest BCUT2D eigenvalue weighted by molar-refractivity contribution is 7.15. The maximum atomic E-state index is 12.4. The van der Waals surface area contributed by atoms with Crippen LogP contribution in [-0.4, -0.2) is 25.0 Å². The molecule has 0 spiro atoms. The van der Waals surface area contributed by atoms with E-state index in [9.17, 15) is 26.7 Å². The molecule has 16 heavy (non-hydrogen) atoms. The molecule has 1 rings (SSSR count). The van der Waals surface area contributed by atoms with Crippen molar-refractivity contribution in [3.63, 3.8) is 0 Å². The van der Waals surface area contributed by atoms with E-state index >= 15 is 0 Å². The average Bonchev–Trinajstić information content (AvgIpc) is 2.60. The minimum atomic E-state index is -5.64. The summed E-state index contributed by atoms with van der Waals surface area (Å²) in [5, 5.41) is -0.161. The zero-order valence-electron chi connectivity index (χ0n) is 7.55. The summed E-state index contributed by atoms with van der Waals surface area (Å²) in [5.74, 6) is -4.90. The summed E-state index contributed by atoms with van der Waals surface area (Å²) in [7, 11) is 0. The second kappa shape index (κ2) is 4.36. The van der Waals surface area contributed by atoms with Crippen molar-refractivity contribution >= 4 is 17.6 Å². The van der Waals surface area contributed by atoms with E-state index < -0.39 is 18.7 Å². The third-order valence-corrected chi connectivity index (χ3v) is 2.45. The van der Waals surface area contributed by atoms with Crippen LogP contribution in [0.1, 0.15) is 9.67 Å². The van der Waals surface area contributed by atoms with Gasteiger partial charge in [-0.2, -0.15) is 22.0 Å². The number of ether oxygens (including phenoxy) is 1. The van der Waals surface area contributed by atoms with E-state index in [1.54, 1.807) is 0 Å². The van der Waals surface area contributed by atoms with Gasteiger partial charge in [0.05, 0.1) is 4.88 Å². The van der Waals surface area contributed by atoms with Gasteiger partial charge in [-0.3, -0.25) is 4.79 Å². The largest absolute Gasteiger partial charge is 0.477 e. The van der Waals surface area contributed by atoms with Gasteiger partial charge in [-0.25, -0.2) is 0 Å². The van der Waals surface area contributed by atoms with E-state index in [0.29, 0.717) is 17.6 Å². The van der Waals surface area contributed by atoms with Crippen molar-refractivity contribution in [1.29, 1.82) is 0 Å². The Hall–Kier alpha value is -1.18. The van der Waals surface area contributed by atoms with Crippen LogP contribution in [0.3, 0.4) is 0 Å². The van der Waals surface area contributed by atoms with E-state index in [0.717, 1.165) is 6.07 Å². The average molecular weight is 260 g/mol. The monoisotopic (exact) mass is 260 g/mol. The predicted octanol–water partition coefficient (Wildman–Crippen LogP) is 3.14. The highest BCUT2D eigenvalue weighted by atomic mass is 32.1. The number of thiophene rings is 1. The van der Waals surface area contributed by atoms with Crippen LogP contribution in [0.25, 0.3) is 0 Å². The minimum absolute atomic E-state index is 0.161. The van der Waals surface area contributed by atoms with Crippen LogP contribution in [0.15, 0.2) is 12.1 Å². The lowest BCUT2D eigenvalue weighted by molar-refractivity contribution is -0.289. The highest BCUT2D eigenvalue weighted by Gasteiger charge is 2.58. The first kappa shape index (κ1) is 12.9. The maximum Gasteiger partial charge on any atom is 0.456 e. The third-order valence-electron chi connectivity index (χ3n) is 1.53. The SMILES string of the molecule is O=Cc1ccc(OCC(F)(F)C(F)(F)F)s1. The van der Waals surface area contributed by atoms with Crippen molar-refractivity contribution in [2.75, 3.05) is 6.61 Å². The quantitative estimate of drug-likeness (QED) is 0.614. The first-order valence-electron chi connectivity index (χ1n) is 3.88. The number of carbonyl (C=O) groups is 1. The summed E-state index contributed by atoms with van der Waals surface area (Å²) in [6.07, 6.45) is -5.20. The molecule has 0 aliphatic carbocycles. The third kappa shape index (κ3) is 2.91. The lowest BCUT2D eigenvalue weighted by Gasteiger charge is -2.18. The molecule has 1 aromatic heterocycles. The van der Waals surface area contributed by atoms with Crippen molar-refractivity contribution in [3.8, 4) is 5.06 Å². The summed E-state index contributed by atoms with van der Waals surface area (Å²) in [5.41, 5.74) is 0. The van der Waals surface area contributed by atoms with E-state index in [-0.39, 0.29) is 9.94 Å². The Bertz CT molecular complexity index is 371. The Labute approximate surface area is 90.6 Å². The van der Waals surface area contributed by atoms with Crippen LogP contribution in [0.4, 0.5) is 22.0 Å². The molecule has 0 aliphatic heterocycles. The van der Waals surface area contributed by atoms with Crippen LogP contribution >= 0.6 is 11.3 Å². The molecule has 0 saturated carbocycles. The van der Waals surface area contributed by atoms with Crippen molar-refractivity contribution in [2.45, 2.75) is 12.1 Å². The van der Waals surface area contributed by atoms with Crippen LogP contribution < -0.4 is 4.74 Å². The Morgan fingerprint density at radius 1 is 1.25 bits per heavy atom. The number of alkyl halides is 5. The zero-order chi connectivity index (χ0) is 12.4. The van der Waals surface area contributed by atoms with E-state index in [1.807, 2.05) is 0 Å². The van der Waals surface area contributed by atoms with Gasteiger partial charge in [0.1, 0.15) is 0 Å². The fraction of sp³-hybridized carbons (Fsp3) is 0.375. The van der Waals surface area contributed by atoms with Gasteiger partial charge >= 0.3 is 12.1 Å². The summed E-state index contributed by atoms with van der Waals surface area (Å²) in [6, 6.07) is 2.42. The fourth-order valence-corrected chi connectivity index (χ4v) is 1.39. The molecule has 1 heterocycles. The maximum absolute atomic E-state index is 12.4. The molecular formula is C8H5F5O2S. The van der Waals surface area contributed by atoms with Gasteiger partial charge in [0.15, 0.2) is 18.0 Å². The molecule has 0 fully saturated rings. The first-order valence-corrected chi connectivity index (χ1v) is 4.70. The number of carbonyl (C=O) groups excluding carboxylic acids is 1. The Morgan fingerprint density at radius 2 is 1.88 bits per heavy atom. The van der Waals surface area contributed by atoms with E-state index in [1.165, 1.54) is 6.07 Å². The molecule has 90 valence electrons. The van der Waals surface area contributed by atoms with Crippen LogP contribution in [0.2, 0.25) is 0 Å². The molecule has 0 amide bonds. The van der Waals surface area contributed by atoms with Gasteiger partial charge in [-0.05, 0) is 12.1 Å². The molecule has 0 saturated heterocycles. The second-order valence-electron chi connectivity index (χ2n) is 2.77. The Kier molecular flexibility index (Phi) is 3.51. The summed E-state index contributed by atoms with van der Waals surface area (Å²) >= 11 is 0.693. The number of rotatable bonds is 4. The van der Waals surface area contributed by atoms with Crippen LogP contribution in [0.5, 0.6) is 5.06 Å². The zero-order valence-corrected chi connectivity index (χ0v) is 8.37. The molecule has 8 heteroatoms. The van der Waals surface area contributed by atoms with Gasteiger partial charge in [-0.1, -0.05) is 11.3 Å². The number of hydrogen-bond acceptors (Lipinski definition) is 3. The normalized spacial score (nSPS) is 12.6. The molecule has 0 atom stereocenters. The molecule has 2 nitrogen and oxygen atoms in total. The summed E-state index contributed by atoms with van der Waals surface area (Å²) in [6.45, 7) is -1.80. The molecule has 0 unspecified atom stereocenters. The standard InChI is InChI=1S/C8H5F5O2S/c9-7(10,8(11,12)13)4-15-6-2-1-5(3-14)16-6/h1-3H,4H2. The van der Waals surface area contributed by atoms with Crippen molar-refractivity contribution in [2.24, 2.45) is 0 Å². The lowest BCUT2D eigenvalue weighted by Crippen LogP contribution is -2.41. The second-order valence-corrected chi connectivity index (χ2v) is 3.84. The minimum Gasteiger partial charge on any atom is -0.477 e. The smallest absolute Gasteiger partial charge is 0.456 e. The molecule has 0 radical (unpaired) electrons. The summed E-state index contributed by atoms with van der Waals surface area (Å²) in [4.78, 5) is 10.4. The number of aldehydes is 1. The number of halogens is 5. The molecule has 0 N–H and O–H groups in total. The fourth-order valence-electron chi connectivity index (χ4n) is 0.719. The molecular weight excluding hydrogens is 255 g/mol. The lowest BCUT2D eigenvalue weighted by atomic mass is 10.3. The van der Waals surface area contributed by atoms with Gasteiger partial charge in [0.25, 0.3) is 0 Å². The Morgan fingerprint density at radius 3 is 2.31 bits per heavy atom. The first-order chi connectivity index (χ1) is 7.26. The van der Waals surface area contributed by atoms with Crippen molar-refractivity contribution in [3.05, 3.63) is 17.0 Å². The van der Waals surface area contributed by atoms with E-state index in [2.05, 4.69) is 4.74 Å². The van der Waals surface area contributed by atoms with Gasteiger partial charge < -0.3 is 4.74 Å². The van der Waals surface area contributed by atoms with E-state index in [4.69, 9.17) is 0 Å². The van der Waals surface area contributed by atoms with Crippen molar-refractivity contribution in [1.82, 2.24) is 0 Å². The molecule has 0 aliphatic rings. The summed E-state index contributed by atoms with van der Waals surface area (Å²) < 4.78 is 64.2.